The van der Waals surface area contributed by atoms with Gasteiger partial charge < -0.3 is 9.88 Å². The van der Waals surface area contributed by atoms with Gasteiger partial charge in [0.1, 0.15) is 5.82 Å². The average Bonchev–Trinajstić information content (AvgIpc) is 3.21. The van der Waals surface area contributed by atoms with Crippen molar-refractivity contribution in [2.75, 3.05) is 11.1 Å². The molecule has 0 radical (unpaired) electrons. The van der Waals surface area contributed by atoms with Gasteiger partial charge in [-0.3, -0.25) is 4.79 Å². The van der Waals surface area contributed by atoms with E-state index >= 15 is 0 Å². The summed E-state index contributed by atoms with van der Waals surface area (Å²) >= 11 is 0. The Labute approximate surface area is 221 Å². The largest absolute Gasteiger partial charge is 0.391 e. The third-order valence-corrected chi connectivity index (χ3v) is 9.12. The maximum Gasteiger partial charge on any atom is 0.391 e. The highest BCUT2D eigenvalue weighted by atomic mass is 32.2. The Morgan fingerprint density at radius 2 is 1.74 bits per heavy atom. The van der Waals surface area contributed by atoms with Crippen molar-refractivity contribution in [2.45, 2.75) is 76.4 Å². The van der Waals surface area contributed by atoms with E-state index in [0.717, 1.165) is 16.9 Å². The molecule has 0 atom stereocenters. The molecule has 0 saturated heterocycles. The molecule has 0 unspecified atom stereocenters. The zero-order chi connectivity index (χ0) is 27.7. The van der Waals surface area contributed by atoms with Crippen LogP contribution < -0.4 is 5.32 Å². The number of alkyl halides is 3. The lowest BCUT2D eigenvalue weighted by Crippen LogP contribution is -2.28. The normalized spacial score (nSPS) is 18.7. The monoisotopic (exact) mass is 549 g/mol. The van der Waals surface area contributed by atoms with Crippen molar-refractivity contribution in [3.63, 3.8) is 0 Å². The van der Waals surface area contributed by atoms with Crippen molar-refractivity contribution >= 4 is 32.5 Å². The minimum Gasteiger partial charge on any atom is -0.326 e. The van der Waals surface area contributed by atoms with Gasteiger partial charge in [-0.05, 0) is 81.3 Å². The molecular weight excluding hydrogens is 515 g/mol. The third kappa shape index (κ3) is 6.39. The van der Waals surface area contributed by atoms with Gasteiger partial charge in [0.25, 0.3) is 0 Å². The van der Waals surface area contributed by atoms with E-state index in [2.05, 4.69) is 9.88 Å². The Morgan fingerprint density at radius 1 is 1.08 bits per heavy atom. The number of imidazole rings is 1. The fourth-order valence-electron chi connectivity index (χ4n) is 5.26. The van der Waals surface area contributed by atoms with Crippen molar-refractivity contribution in [1.29, 1.82) is 0 Å². The molecule has 1 N–H and O–H groups in total. The smallest absolute Gasteiger partial charge is 0.326 e. The fraction of sp³-hybridized carbons (Fsp3) is 0.500. The number of hydrogen-bond acceptors (Lipinski definition) is 4. The molecule has 1 aliphatic carbocycles. The van der Waals surface area contributed by atoms with Crippen LogP contribution in [0.25, 0.3) is 11.0 Å². The number of aromatic nitrogens is 2. The molecule has 2 aromatic carbocycles. The molecule has 1 fully saturated rings. The lowest BCUT2D eigenvalue weighted by Gasteiger charge is -2.30. The van der Waals surface area contributed by atoms with E-state index in [1.165, 1.54) is 12.1 Å². The van der Waals surface area contributed by atoms with Gasteiger partial charge in [0.2, 0.25) is 5.91 Å². The third-order valence-electron chi connectivity index (χ3n) is 7.37. The first kappa shape index (κ1) is 28.1. The molecule has 38 heavy (non-hydrogen) atoms. The maximum absolute atomic E-state index is 13.1. The first-order valence-electron chi connectivity index (χ1n) is 13.1. The Balaban J connectivity index is 1.46. The fourth-order valence-corrected chi connectivity index (χ4v) is 6.15. The minimum atomic E-state index is -4.12. The van der Waals surface area contributed by atoms with E-state index < -0.39 is 21.9 Å². The van der Waals surface area contributed by atoms with E-state index in [4.69, 9.17) is 4.98 Å². The lowest BCUT2D eigenvalue weighted by molar-refractivity contribution is -0.183. The molecule has 0 bridgehead atoms. The van der Waals surface area contributed by atoms with Gasteiger partial charge in [0.15, 0.2) is 9.84 Å². The summed E-state index contributed by atoms with van der Waals surface area (Å²) in [6.07, 6.45) is -1.97. The quantitative estimate of drug-likeness (QED) is 0.348. The maximum atomic E-state index is 13.1. The second kappa shape index (κ2) is 11.1. The standard InChI is InChI=1S/C28H34F3N3O3S/c1-4-38(36,37)23-12-7-20(8-13-23)16-27(35)32-22-11-14-24-25(17-22)34(18(2)3)26(33-24)15-19-5-9-21(10-6-19)28(29,30)31/h7-8,11-14,17-19,21H,4-6,9-10,15-16H2,1-3H3,(H,32,35). The lowest BCUT2D eigenvalue weighted by atomic mass is 9.80. The number of carbonyl (C=O) groups excluding carboxylic acids is 1. The van der Waals surface area contributed by atoms with Crippen molar-refractivity contribution < 1.29 is 26.4 Å². The SMILES string of the molecule is CCS(=O)(=O)c1ccc(CC(=O)Nc2ccc3nc(CC4CCC(C(F)(F)F)CC4)n(C(C)C)c3c2)cc1. The van der Waals surface area contributed by atoms with E-state index in [0.29, 0.717) is 30.5 Å². The average molecular weight is 550 g/mol. The van der Waals surface area contributed by atoms with Crippen molar-refractivity contribution in [1.82, 2.24) is 9.55 Å². The number of anilines is 1. The summed E-state index contributed by atoms with van der Waals surface area (Å²) in [5.41, 5.74) is 2.97. The number of benzene rings is 2. The number of carbonyl (C=O) groups is 1. The van der Waals surface area contributed by atoms with E-state index in [1.54, 1.807) is 25.1 Å². The van der Waals surface area contributed by atoms with Crippen LogP contribution in [0.1, 0.15) is 63.9 Å². The van der Waals surface area contributed by atoms with Crippen molar-refractivity contribution in [2.24, 2.45) is 11.8 Å². The van der Waals surface area contributed by atoms with Crippen LogP contribution in [0.5, 0.6) is 0 Å². The Kier molecular flexibility index (Phi) is 8.20. The van der Waals surface area contributed by atoms with E-state index in [1.807, 2.05) is 26.0 Å². The molecule has 4 rings (SSSR count). The molecule has 1 saturated carbocycles. The number of sulfone groups is 1. The minimum absolute atomic E-state index is 0.0170. The molecule has 3 aromatic rings. The van der Waals surface area contributed by atoms with Crippen LogP contribution in [0, 0.1) is 11.8 Å². The highest BCUT2D eigenvalue weighted by molar-refractivity contribution is 7.91. The number of hydrogen-bond donors (Lipinski definition) is 1. The van der Waals surface area contributed by atoms with Gasteiger partial charge in [-0.2, -0.15) is 13.2 Å². The number of halogens is 3. The van der Waals surface area contributed by atoms with Gasteiger partial charge in [0.05, 0.1) is 34.0 Å². The first-order chi connectivity index (χ1) is 17.9. The number of nitrogens with zero attached hydrogens (tertiary/aromatic N) is 2. The summed E-state index contributed by atoms with van der Waals surface area (Å²) < 4.78 is 65.3. The highest BCUT2D eigenvalue weighted by Crippen LogP contribution is 2.40. The molecule has 1 aromatic heterocycles. The zero-order valence-electron chi connectivity index (χ0n) is 21.9. The second-order valence-corrected chi connectivity index (χ2v) is 12.7. The van der Waals surface area contributed by atoms with Crippen molar-refractivity contribution in [3.05, 3.63) is 53.9 Å². The van der Waals surface area contributed by atoms with Crippen LogP contribution in [-0.4, -0.2) is 35.8 Å². The second-order valence-electron chi connectivity index (χ2n) is 10.4. The van der Waals surface area contributed by atoms with Gasteiger partial charge in [0, 0.05) is 18.2 Å². The van der Waals surface area contributed by atoms with Crippen molar-refractivity contribution in [3.8, 4) is 0 Å². The van der Waals surface area contributed by atoms with Gasteiger partial charge in [-0.1, -0.05) is 19.1 Å². The first-order valence-corrected chi connectivity index (χ1v) is 14.7. The van der Waals surface area contributed by atoms with Crippen LogP contribution in [0.15, 0.2) is 47.4 Å². The molecule has 0 aliphatic heterocycles. The molecule has 10 heteroatoms. The molecule has 1 heterocycles. The summed E-state index contributed by atoms with van der Waals surface area (Å²) in [6, 6.07) is 11.9. The van der Waals surface area contributed by atoms with E-state index in [9.17, 15) is 26.4 Å². The highest BCUT2D eigenvalue weighted by Gasteiger charge is 2.41. The Morgan fingerprint density at radius 3 is 2.32 bits per heavy atom. The Hall–Kier alpha value is -2.88. The molecule has 1 aliphatic rings. The van der Waals surface area contributed by atoms with Crippen LogP contribution in [-0.2, 0) is 27.5 Å². The van der Waals surface area contributed by atoms with Gasteiger partial charge in [-0.15, -0.1) is 0 Å². The summed E-state index contributed by atoms with van der Waals surface area (Å²) in [6.45, 7) is 5.67. The predicted octanol–water partition coefficient (Wildman–Crippen LogP) is 6.50. The van der Waals surface area contributed by atoms with Crippen LogP contribution in [0.2, 0.25) is 0 Å². The molecule has 0 spiro atoms. The zero-order valence-corrected chi connectivity index (χ0v) is 22.7. The number of amides is 1. The van der Waals surface area contributed by atoms with Crippen LogP contribution >= 0.6 is 0 Å². The number of nitrogens with one attached hydrogen (secondary N) is 1. The van der Waals surface area contributed by atoms with Crippen LogP contribution in [0.3, 0.4) is 0 Å². The van der Waals surface area contributed by atoms with Gasteiger partial charge >= 0.3 is 6.18 Å². The summed E-state index contributed by atoms with van der Waals surface area (Å²) in [5, 5.41) is 2.91. The van der Waals surface area contributed by atoms with E-state index in [-0.39, 0.29) is 47.8 Å². The number of fused-ring (bicyclic) bond motifs is 1. The number of rotatable bonds is 8. The molecular formula is C28H34F3N3O3S. The molecule has 206 valence electrons. The predicted molar refractivity (Wildman–Crippen MR) is 142 cm³/mol. The summed E-state index contributed by atoms with van der Waals surface area (Å²) in [4.78, 5) is 17.7. The molecule has 6 nitrogen and oxygen atoms in total. The summed E-state index contributed by atoms with van der Waals surface area (Å²) in [5.74, 6) is -0.385. The molecule has 1 amide bonds. The summed E-state index contributed by atoms with van der Waals surface area (Å²) in [7, 11) is -3.29. The van der Waals surface area contributed by atoms with Crippen LogP contribution in [0.4, 0.5) is 18.9 Å². The topological polar surface area (TPSA) is 81.1 Å². The van der Waals surface area contributed by atoms with Gasteiger partial charge in [-0.25, -0.2) is 13.4 Å². The Bertz CT molecular complexity index is 1390.